The minimum absolute atomic E-state index is 0.251. The summed E-state index contributed by atoms with van der Waals surface area (Å²) in [5.74, 6) is -0.928. The van der Waals surface area contributed by atoms with Crippen LogP contribution in [0.5, 0.6) is 0 Å². The van der Waals surface area contributed by atoms with Gasteiger partial charge in [0.15, 0.2) is 0 Å². The first-order valence-corrected chi connectivity index (χ1v) is 13.1. The van der Waals surface area contributed by atoms with Gasteiger partial charge in [0.2, 0.25) is 11.8 Å². The predicted octanol–water partition coefficient (Wildman–Crippen LogP) is 4.59. The number of anilines is 2. The molecule has 5 amide bonds. The molecule has 37 heavy (non-hydrogen) atoms. The second-order valence-electron chi connectivity index (χ2n) is 9.59. The molecule has 1 aliphatic carbocycles. The van der Waals surface area contributed by atoms with Crippen molar-refractivity contribution in [3.63, 3.8) is 0 Å². The van der Waals surface area contributed by atoms with Crippen molar-refractivity contribution in [1.29, 1.82) is 0 Å². The summed E-state index contributed by atoms with van der Waals surface area (Å²) in [5, 5.41) is 2.99. The fraction of sp³-hybridized carbons (Fsp3) is 0.448. The number of carbonyl (C=O) groups excluding carboxylic acids is 4. The molecular weight excluding hydrogens is 468 g/mol. The number of rotatable bonds is 7. The average molecular weight is 507 g/mol. The Balaban J connectivity index is 0.000000886. The smallest absolute Gasteiger partial charge is 0.332 e. The molecule has 2 aromatic rings. The Labute approximate surface area is 219 Å². The number of urea groups is 1. The lowest BCUT2D eigenvalue weighted by Crippen LogP contribution is -2.47. The van der Waals surface area contributed by atoms with Crippen LogP contribution in [0.1, 0.15) is 70.1 Å². The third kappa shape index (κ3) is 5.84. The zero-order chi connectivity index (χ0) is 27.2. The minimum atomic E-state index is -0.874. The minimum Gasteiger partial charge on any atom is -0.370 e. The van der Waals surface area contributed by atoms with E-state index < -0.39 is 11.6 Å². The number of primary amides is 1. The molecule has 198 valence electrons. The summed E-state index contributed by atoms with van der Waals surface area (Å²) >= 11 is 0. The highest BCUT2D eigenvalue weighted by Crippen LogP contribution is 2.44. The van der Waals surface area contributed by atoms with Crippen LogP contribution in [0.4, 0.5) is 16.2 Å². The van der Waals surface area contributed by atoms with Gasteiger partial charge in [0.25, 0.3) is 5.91 Å². The van der Waals surface area contributed by atoms with E-state index in [4.69, 9.17) is 0 Å². The van der Waals surface area contributed by atoms with E-state index in [9.17, 15) is 19.2 Å². The Morgan fingerprint density at radius 2 is 1.46 bits per heavy atom. The third-order valence-corrected chi connectivity index (χ3v) is 7.09. The monoisotopic (exact) mass is 506 g/mol. The van der Waals surface area contributed by atoms with Gasteiger partial charge in [-0.25, -0.2) is 4.79 Å². The average Bonchev–Trinajstić information content (AvgIpc) is 3.44. The molecule has 1 aliphatic heterocycles. The Bertz CT molecular complexity index is 1130. The normalized spacial score (nSPS) is 16.1. The summed E-state index contributed by atoms with van der Waals surface area (Å²) in [6.45, 7) is 7.20. The Morgan fingerprint density at radius 1 is 0.919 bits per heavy atom. The number of benzene rings is 2. The summed E-state index contributed by atoms with van der Waals surface area (Å²) < 4.78 is 0. The molecule has 0 atom stereocenters. The first-order valence-electron chi connectivity index (χ1n) is 13.1. The van der Waals surface area contributed by atoms with Crippen molar-refractivity contribution in [3.05, 3.63) is 59.2 Å². The molecule has 3 N–H and O–H groups in total. The molecule has 0 unspecified atom stereocenters. The van der Waals surface area contributed by atoms with Crippen molar-refractivity contribution in [1.82, 2.24) is 4.90 Å². The summed E-state index contributed by atoms with van der Waals surface area (Å²) in [5.41, 5.74) is 8.39. The molecule has 0 aromatic heterocycles. The SMILES string of the molecule is CC(N)=O.CCc1ccc(N2C(=O)N(CC(=O)Nc3c(CC)cccc3CC)C(=O)C23CCCC3)cc1. The third-order valence-electron chi connectivity index (χ3n) is 7.09. The van der Waals surface area contributed by atoms with E-state index in [0.29, 0.717) is 12.8 Å². The molecule has 1 saturated carbocycles. The lowest BCUT2D eigenvalue weighted by atomic mass is 9.95. The molecule has 8 nitrogen and oxygen atoms in total. The maximum atomic E-state index is 13.6. The van der Waals surface area contributed by atoms with Crippen molar-refractivity contribution < 1.29 is 19.2 Å². The van der Waals surface area contributed by atoms with Gasteiger partial charge in [-0.05, 0) is 60.9 Å². The van der Waals surface area contributed by atoms with Gasteiger partial charge < -0.3 is 11.1 Å². The number of amides is 5. The topological polar surface area (TPSA) is 113 Å². The van der Waals surface area contributed by atoms with Gasteiger partial charge in [-0.1, -0.05) is 63.9 Å². The number of hydrogen-bond donors (Lipinski definition) is 2. The van der Waals surface area contributed by atoms with Gasteiger partial charge in [-0.2, -0.15) is 0 Å². The first-order chi connectivity index (χ1) is 17.7. The molecule has 1 heterocycles. The highest BCUT2D eigenvalue weighted by molar-refractivity contribution is 6.18. The van der Waals surface area contributed by atoms with Gasteiger partial charge >= 0.3 is 6.03 Å². The van der Waals surface area contributed by atoms with E-state index in [0.717, 1.165) is 59.5 Å². The van der Waals surface area contributed by atoms with Crippen molar-refractivity contribution in [2.45, 2.75) is 78.2 Å². The highest BCUT2D eigenvalue weighted by Gasteiger charge is 2.59. The van der Waals surface area contributed by atoms with Crippen LogP contribution in [-0.4, -0.2) is 40.7 Å². The molecule has 2 fully saturated rings. The zero-order valence-corrected chi connectivity index (χ0v) is 22.3. The number of hydrogen-bond acceptors (Lipinski definition) is 4. The van der Waals surface area contributed by atoms with E-state index >= 15 is 0 Å². The maximum Gasteiger partial charge on any atom is 0.332 e. The Hall–Kier alpha value is -3.68. The summed E-state index contributed by atoms with van der Waals surface area (Å²) in [4.78, 5) is 52.1. The van der Waals surface area contributed by atoms with E-state index in [1.54, 1.807) is 4.90 Å². The number of carbonyl (C=O) groups is 4. The molecule has 2 aromatic carbocycles. The van der Waals surface area contributed by atoms with Crippen molar-refractivity contribution in [3.8, 4) is 0 Å². The highest BCUT2D eigenvalue weighted by atomic mass is 16.2. The quantitative estimate of drug-likeness (QED) is 0.535. The van der Waals surface area contributed by atoms with Crippen LogP contribution in [0.15, 0.2) is 42.5 Å². The van der Waals surface area contributed by atoms with E-state index in [1.165, 1.54) is 12.5 Å². The number of aryl methyl sites for hydroxylation is 3. The molecule has 1 spiro atoms. The number of nitrogens with two attached hydrogens (primary N) is 1. The molecule has 0 bridgehead atoms. The summed E-state index contributed by atoms with van der Waals surface area (Å²) in [6.07, 6.45) is 5.53. The van der Waals surface area contributed by atoms with Crippen molar-refractivity contribution in [2.75, 3.05) is 16.8 Å². The molecule has 1 saturated heterocycles. The van der Waals surface area contributed by atoms with Crippen LogP contribution in [-0.2, 0) is 33.6 Å². The largest absolute Gasteiger partial charge is 0.370 e. The van der Waals surface area contributed by atoms with E-state index in [2.05, 4.69) is 18.0 Å². The number of para-hydroxylation sites is 1. The standard InChI is InChI=1S/C27H33N3O3.C2H5NO/c1-4-19-12-14-22(15-13-19)30-26(33)29(25(32)27(30)16-7-8-17-27)18-23(31)28-24-20(5-2)10-9-11-21(24)6-3;1-2(3)4/h9-15H,4-8,16-18H2,1-3H3,(H,28,31);1H3,(H2,3,4). The Kier molecular flexibility index (Phi) is 9.08. The molecule has 4 rings (SSSR count). The zero-order valence-electron chi connectivity index (χ0n) is 22.3. The van der Waals surface area contributed by atoms with Crippen LogP contribution in [0.2, 0.25) is 0 Å². The van der Waals surface area contributed by atoms with Crippen LogP contribution in [0.3, 0.4) is 0 Å². The first kappa shape index (κ1) is 27.9. The second kappa shape index (κ2) is 12.0. The van der Waals surface area contributed by atoms with Gasteiger partial charge in [0, 0.05) is 18.3 Å². The van der Waals surface area contributed by atoms with Crippen LogP contribution in [0.25, 0.3) is 0 Å². The van der Waals surface area contributed by atoms with Crippen LogP contribution in [0, 0.1) is 0 Å². The van der Waals surface area contributed by atoms with Crippen molar-refractivity contribution >= 4 is 35.1 Å². The van der Waals surface area contributed by atoms with E-state index in [-0.39, 0.29) is 24.3 Å². The van der Waals surface area contributed by atoms with Crippen LogP contribution < -0.4 is 16.0 Å². The number of nitrogens with zero attached hydrogens (tertiary/aromatic N) is 2. The van der Waals surface area contributed by atoms with Gasteiger partial charge in [-0.15, -0.1) is 0 Å². The molecular formula is C29H38N4O4. The van der Waals surface area contributed by atoms with Gasteiger partial charge in [0.1, 0.15) is 12.1 Å². The fourth-order valence-electron chi connectivity index (χ4n) is 5.24. The van der Waals surface area contributed by atoms with Crippen molar-refractivity contribution in [2.24, 2.45) is 5.73 Å². The number of nitrogens with one attached hydrogen (secondary N) is 1. The second-order valence-corrected chi connectivity index (χ2v) is 9.59. The van der Waals surface area contributed by atoms with E-state index in [1.807, 2.05) is 56.3 Å². The lowest BCUT2D eigenvalue weighted by molar-refractivity contribution is -0.133. The fourth-order valence-corrected chi connectivity index (χ4v) is 5.24. The van der Waals surface area contributed by atoms with Gasteiger partial charge in [0.05, 0.1) is 0 Å². The summed E-state index contributed by atoms with van der Waals surface area (Å²) in [7, 11) is 0. The predicted molar refractivity (Wildman–Crippen MR) is 145 cm³/mol. The Morgan fingerprint density at radius 3 is 1.95 bits per heavy atom. The van der Waals surface area contributed by atoms with Gasteiger partial charge in [-0.3, -0.25) is 24.2 Å². The van der Waals surface area contributed by atoms with Crippen LogP contribution >= 0.6 is 0 Å². The molecule has 2 aliphatic rings. The molecule has 8 heteroatoms. The lowest BCUT2D eigenvalue weighted by Gasteiger charge is -2.31. The summed E-state index contributed by atoms with van der Waals surface area (Å²) in [6, 6.07) is 13.4. The number of imide groups is 1. The molecule has 0 radical (unpaired) electrons. The maximum absolute atomic E-state index is 13.6.